The number of hydrogen-bond donors (Lipinski definition) is 1. The van der Waals surface area contributed by atoms with Crippen LogP contribution in [0.2, 0.25) is 0 Å². The van der Waals surface area contributed by atoms with Crippen molar-refractivity contribution >= 4 is 11.9 Å². The van der Waals surface area contributed by atoms with Crippen LogP contribution < -0.4 is 5.32 Å². The fourth-order valence-electron chi connectivity index (χ4n) is 5.15. The van der Waals surface area contributed by atoms with E-state index < -0.39 is 12.2 Å². The highest BCUT2D eigenvalue weighted by atomic mass is 16.6. The third kappa shape index (κ3) is 4.02. The minimum Gasteiger partial charge on any atom is -0.467 e. The summed E-state index contributed by atoms with van der Waals surface area (Å²) in [5.41, 5.74) is 10.5. The van der Waals surface area contributed by atoms with Gasteiger partial charge in [0.1, 0.15) is 29.0 Å². The minimum absolute atomic E-state index is 0.101. The highest BCUT2D eigenvalue weighted by Crippen LogP contribution is 2.43. The van der Waals surface area contributed by atoms with Gasteiger partial charge in [0, 0.05) is 24.4 Å². The Kier molecular flexibility index (Phi) is 5.98. The maximum Gasteiger partial charge on any atom is 0.334 e. The quantitative estimate of drug-likeness (QED) is 0.294. The van der Waals surface area contributed by atoms with Gasteiger partial charge in [-0.1, -0.05) is 37.3 Å². The summed E-state index contributed by atoms with van der Waals surface area (Å²) in [5.74, 6) is 0.629. The molecule has 2 saturated heterocycles. The van der Waals surface area contributed by atoms with E-state index in [-0.39, 0.29) is 30.9 Å². The summed E-state index contributed by atoms with van der Waals surface area (Å²) in [4.78, 5) is 38.8. The van der Waals surface area contributed by atoms with Crippen molar-refractivity contribution in [2.75, 3.05) is 20.1 Å². The molecule has 0 saturated carbocycles. The average Bonchev–Trinajstić information content (AvgIpc) is 3.46. The summed E-state index contributed by atoms with van der Waals surface area (Å²) in [6, 6.07) is 12.4. The third-order valence-corrected chi connectivity index (χ3v) is 6.68. The molecule has 0 aliphatic carbocycles. The molecule has 12 nitrogen and oxygen atoms in total. The van der Waals surface area contributed by atoms with Crippen LogP contribution in [-0.2, 0) is 22.7 Å². The van der Waals surface area contributed by atoms with Crippen LogP contribution in [0, 0.1) is 5.92 Å². The lowest BCUT2D eigenvalue weighted by atomic mass is 9.98. The topological polar surface area (TPSA) is 130 Å². The predicted octanol–water partition coefficient (Wildman–Crippen LogP) is 2.79. The molecular weight excluding hydrogens is 452 g/mol. The normalized spacial score (nSPS) is 23.8. The second-order valence-electron chi connectivity index (χ2n) is 8.80. The number of furan rings is 1. The van der Waals surface area contributed by atoms with Gasteiger partial charge in [0.2, 0.25) is 5.91 Å². The Labute approximate surface area is 201 Å². The Morgan fingerprint density at radius 1 is 1.29 bits per heavy atom. The summed E-state index contributed by atoms with van der Waals surface area (Å²) >= 11 is 0. The Bertz CT molecular complexity index is 1180. The number of azide groups is 1. The Balaban J connectivity index is 1.46. The summed E-state index contributed by atoms with van der Waals surface area (Å²) < 4.78 is 5.48. The molecule has 35 heavy (non-hydrogen) atoms. The fourth-order valence-corrected chi connectivity index (χ4v) is 5.15. The zero-order valence-electron chi connectivity index (χ0n) is 19.4. The van der Waals surface area contributed by atoms with Crippen molar-refractivity contribution in [3.63, 3.8) is 0 Å². The van der Waals surface area contributed by atoms with E-state index in [0.29, 0.717) is 24.6 Å². The van der Waals surface area contributed by atoms with Crippen molar-refractivity contribution in [2.24, 2.45) is 11.2 Å². The van der Waals surface area contributed by atoms with E-state index in [9.17, 15) is 9.59 Å². The first-order valence-corrected chi connectivity index (χ1v) is 11.4. The summed E-state index contributed by atoms with van der Waals surface area (Å²) in [6.07, 6.45) is 1.09. The smallest absolute Gasteiger partial charge is 0.334 e. The molecule has 4 heterocycles. The van der Waals surface area contributed by atoms with Crippen LogP contribution in [0.15, 0.2) is 69.9 Å². The van der Waals surface area contributed by atoms with Crippen molar-refractivity contribution in [3.05, 3.63) is 82.0 Å². The second-order valence-corrected chi connectivity index (χ2v) is 8.80. The molecule has 3 atom stereocenters. The lowest BCUT2D eigenvalue weighted by Crippen LogP contribution is -2.72. The van der Waals surface area contributed by atoms with Crippen LogP contribution in [0.25, 0.3) is 10.4 Å². The molecule has 1 aromatic heterocycles. The highest BCUT2D eigenvalue weighted by Gasteiger charge is 2.56. The molecule has 182 valence electrons. The first kappa shape index (κ1) is 22.6. The molecule has 5 rings (SSSR count). The lowest BCUT2D eigenvalue weighted by Gasteiger charge is -2.54. The van der Waals surface area contributed by atoms with Gasteiger partial charge in [-0.3, -0.25) is 4.79 Å². The van der Waals surface area contributed by atoms with Crippen molar-refractivity contribution in [1.82, 2.24) is 25.1 Å². The van der Waals surface area contributed by atoms with Gasteiger partial charge in [-0.2, -0.15) is 0 Å². The van der Waals surface area contributed by atoms with Crippen LogP contribution in [0.4, 0.5) is 4.79 Å². The van der Waals surface area contributed by atoms with Crippen LogP contribution in [0.1, 0.15) is 18.2 Å². The van der Waals surface area contributed by atoms with E-state index in [2.05, 4.69) is 15.5 Å². The zero-order chi connectivity index (χ0) is 24.5. The van der Waals surface area contributed by atoms with Crippen molar-refractivity contribution in [1.29, 1.82) is 0 Å². The summed E-state index contributed by atoms with van der Waals surface area (Å²) in [7, 11) is 1.81. The van der Waals surface area contributed by atoms with Crippen LogP contribution in [0.5, 0.6) is 0 Å². The van der Waals surface area contributed by atoms with Crippen LogP contribution in [0.3, 0.4) is 0 Å². The van der Waals surface area contributed by atoms with Crippen LogP contribution >= 0.6 is 0 Å². The molecule has 3 aliphatic rings. The number of rotatable bonds is 6. The van der Waals surface area contributed by atoms with Gasteiger partial charge in [0.25, 0.3) is 0 Å². The van der Waals surface area contributed by atoms with Gasteiger partial charge in [-0.25, -0.2) is 14.8 Å². The summed E-state index contributed by atoms with van der Waals surface area (Å²) in [6.45, 7) is 3.11. The van der Waals surface area contributed by atoms with Gasteiger partial charge in [-0.15, -0.1) is 0 Å². The average molecular weight is 479 g/mol. The number of likely N-dealkylation sites (N-methyl/N-ethyl adjacent to an activating group) is 1. The van der Waals surface area contributed by atoms with Crippen molar-refractivity contribution in [3.8, 4) is 0 Å². The van der Waals surface area contributed by atoms with Gasteiger partial charge >= 0.3 is 6.03 Å². The maximum atomic E-state index is 13.6. The van der Waals surface area contributed by atoms with Crippen LogP contribution in [-0.4, -0.2) is 64.1 Å². The SMILES string of the molecule is CC1C(ON=[N+]=[N-])=C2CN(C)N(C(=O)NCc3ccccc3)C3CN(Cc4ccco4)C(=O)[C@H]1N23. The third-order valence-electron chi connectivity index (χ3n) is 6.68. The van der Waals surface area contributed by atoms with E-state index in [0.717, 1.165) is 11.3 Å². The molecule has 2 fully saturated rings. The molecular formula is C23H26N8O4. The molecule has 2 unspecified atom stereocenters. The number of urea groups is 1. The number of amides is 3. The van der Waals surface area contributed by atoms with E-state index in [1.54, 1.807) is 27.2 Å². The molecule has 3 aliphatic heterocycles. The second kappa shape index (κ2) is 9.24. The van der Waals surface area contributed by atoms with Crippen molar-refractivity contribution < 1.29 is 18.8 Å². The number of carbonyl (C=O) groups excluding carboxylic acids is 2. The van der Waals surface area contributed by atoms with Gasteiger partial charge in [-0.05, 0) is 23.2 Å². The number of hydrogen-bond acceptors (Lipinski definition) is 7. The molecule has 0 radical (unpaired) electrons. The summed E-state index contributed by atoms with van der Waals surface area (Å²) in [5, 5.41) is 9.74. The first-order chi connectivity index (χ1) is 17.0. The highest BCUT2D eigenvalue weighted by molar-refractivity contribution is 5.85. The number of hydrazine groups is 1. The monoisotopic (exact) mass is 478 g/mol. The fraction of sp³-hybridized carbons (Fsp3) is 0.391. The number of nitrogens with zero attached hydrogens (tertiary/aromatic N) is 7. The van der Waals surface area contributed by atoms with Gasteiger partial charge < -0.3 is 24.4 Å². The predicted molar refractivity (Wildman–Crippen MR) is 123 cm³/mol. The molecule has 3 amide bonds. The standard InChI is InChI=1S/C23H26N8O4/c1-15-20-22(32)29(12-17-9-6-10-34-17)14-19-30(20)18(21(15)35-27-26-24)13-28(2)31(19)23(33)25-11-16-7-4-3-5-8-16/h3-10,15,19-20H,11-14H2,1-2H3,(H,25,33)/t15?,19?,20-/m0/s1. The molecule has 12 heteroatoms. The maximum absolute atomic E-state index is 13.6. The van der Waals surface area contributed by atoms with E-state index in [1.165, 1.54) is 0 Å². The Morgan fingerprint density at radius 3 is 2.80 bits per heavy atom. The molecule has 0 bridgehead atoms. The van der Waals surface area contributed by atoms with Crippen molar-refractivity contribution in [2.45, 2.75) is 32.2 Å². The number of benzene rings is 1. The lowest BCUT2D eigenvalue weighted by molar-refractivity contribution is -0.165. The van der Waals surface area contributed by atoms with Gasteiger partial charge in [0.15, 0.2) is 0 Å². The molecule has 0 spiro atoms. The zero-order valence-corrected chi connectivity index (χ0v) is 19.4. The van der Waals surface area contributed by atoms with E-state index in [4.69, 9.17) is 14.8 Å². The Morgan fingerprint density at radius 2 is 2.09 bits per heavy atom. The number of nitrogens with one attached hydrogen (secondary N) is 1. The van der Waals surface area contributed by atoms with Gasteiger partial charge in [0.05, 0.1) is 31.6 Å². The minimum atomic E-state index is -0.597. The molecule has 2 aromatic rings. The van der Waals surface area contributed by atoms with E-state index >= 15 is 0 Å². The van der Waals surface area contributed by atoms with E-state index in [1.807, 2.05) is 55.3 Å². The largest absolute Gasteiger partial charge is 0.467 e. The number of piperazine rings is 1. The first-order valence-electron chi connectivity index (χ1n) is 11.4. The molecule has 1 aromatic carbocycles. The Hall–Kier alpha value is -4.15. The number of carbonyl (C=O) groups is 2. The molecule has 1 N–H and O–H groups in total.